The minimum absolute atomic E-state index is 0.0649. The fraction of sp³-hybridized carbons (Fsp3) is 0.227. The standard InChI is InChI=1S/C22H17F4N3O2/c23-18-9-6-13(10-17(18)22(24,25)26)12-31-21-16(20(30)28-15-7-8-15)11-27-19(29-21)14-4-2-1-3-5-14/h1-6,9-11,15H,7-8,12H2,(H,28,30). The van der Waals surface area contributed by atoms with Crippen molar-refractivity contribution in [3.05, 3.63) is 77.2 Å². The second-order valence-electron chi connectivity index (χ2n) is 7.13. The predicted octanol–water partition coefficient (Wildman–Crippen LogP) is 4.77. The highest BCUT2D eigenvalue weighted by atomic mass is 19.4. The number of carbonyl (C=O) groups is 1. The molecule has 0 aliphatic heterocycles. The van der Waals surface area contributed by atoms with Crippen molar-refractivity contribution in [2.75, 3.05) is 0 Å². The van der Waals surface area contributed by atoms with E-state index in [2.05, 4.69) is 15.3 Å². The van der Waals surface area contributed by atoms with Crippen LogP contribution >= 0.6 is 0 Å². The average molecular weight is 431 g/mol. The molecule has 1 heterocycles. The summed E-state index contributed by atoms with van der Waals surface area (Å²) in [5, 5.41) is 2.81. The number of benzene rings is 2. The number of amides is 1. The van der Waals surface area contributed by atoms with Crippen molar-refractivity contribution >= 4 is 5.91 Å². The molecule has 31 heavy (non-hydrogen) atoms. The van der Waals surface area contributed by atoms with Crippen LogP contribution in [0.4, 0.5) is 17.6 Å². The number of nitrogens with zero attached hydrogens (tertiary/aromatic N) is 2. The molecule has 1 aliphatic carbocycles. The van der Waals surface area contributed by atoms with Gasteiger partial charge in [-0.1, -0.05) is 36.4 Å². The molecule has 1 saturated carbocycles. The fourth-order valence-electron chi connectivity index (χ4n) is 2.88. The quantitative estimate of drug-likeness (QED) is 0.571. The van der Waals surface area contributed by atoms with Gasteiger partial charge in [-0.2, -0.15) is 18.2 Å². The maximum Gasteiger partial charge on any atom is 0.419 e. The van der Waals surface area contributed by atoms with Crippen molar-refractivity contribution in [1.82, 2.24) is 15.3 Å². The zero-order valence-electron chi connectivity index (χ0n) is 16.1. The van der Waals surface area contributed by atoms with E-state index in [1.165, 1.54) is 12.3 Å². The summed E-state index contributed by atoms with van der Waals surface area (Å²) in [6.07, 6.45) is -1.75. The Labute approximate surface area is 175 Å². The molecular formula is C22H17F4N3O2. The molecule has 1 aromatic heterocycles. The van der Waals surface area contributed by atoms with Crippen LogP contribution < -0.4 is 10.1 Å². The third kappa shape index (κ3) is 4.99. The number of carbonyl (C=O) groups excluding carboxylic acids is 1. The molecule has 1 N–H and O–H groups in total. The summed E-state index contributed by atoms with van der Waals surface area (Å²) in [5.74, 6) is -1.56. The van der Waals surface area contributed by atoms with Crippen LogP contribution in [-0.4, -0.2) is 21.9 Å². The van der Waals surface area contributed by atoms with Gasteiger partial charge in [0.05, 0.1) is 5.56 Å². The van der Waals surface area contributed by atoms with Crippen LogP contribution in [-0.2, 0) is 12.8 Å². The Bertz CT molecular complexity index is 1100. The molecule has 3 aromatic rings. The minimum atomic E-state index is -4.83. The molecule has 0 bridgehead atoms. The highest BCUT2D eigenvalue weighted by molar-refractivity contribution is 5.96. The maximum atomic E-state index is 13.5. The van der Waals surface area contributed by atoms with Gasteiger partial charge >= 0.3 is 6.18 Å². The van der Waals surface area contributed by atoms with Crippen molar-refractivity contribution in [1.29, 1.82) is 0 Å². The Kier molecular flexibility index (Phi) is 5.58. The molecule has 9 heteroatoms. The number of hydrogen-bond acceptors (Lipinski definition) is 4. The van der Waals surface area contributed by atoms with Gasteiger partial charge in [-0.3, -0.25) is 4.79 Å². The van der Waals surface area contributed by atoms with Gasteiger partial charge in [0, 0.05) is 17.8 Å². The van der Waals surface area contributed by atoms with E-state index in [0.29, 0.717) is 17.5 Å². The Hall–Kier alpha value is -3.49. The van der Waals surface area contributed by atoms with Gasteiger partial charge in [0.1, 0.15) is 18.0 Å². The van der Waals surface area contributed by atoms with E-state index in [0.717, 1.165) is 18.9 Å². The normalized spacial score (nSPS) is 13.7. The van der Waals surface area contributed by atoms with Crippen LogP contribution in [0.3, 0.4) is 0 Å². The Balaban J connectivity index is 1.62. The first-order valence-corrected chi connectivity index (χ1v) is 9.53. The number of hydrogen-bond donors (Lipinski definition) is 1. The average Bonchev–Trinajstić information content (AvgIpc) is 3.56. The molecule has 4 rings (SSSR count). The van der Waals surface area contributed by atoms with Crippen LogP contribution in [0.15, 0.2) is 54.7 Å². The molecule has 0 spiro atoms. The molecule has 1 amide bonds. The summed E-state index contributed by atoms with van der Waals surface area (Å²) in [5.41, 5.74) is -0.539. The highest BCUT2D eigenvalue weighted by Gasteiger charge is 2.34. The van der Waals surface area contributed by atoms with Crippen LogP contribution in [0.5, 0.6) is 5.88 Å². The third-order valence-corrected chi connectivity index (χ3v) is 4.65. The van der Waals surface area contributed by atoms with E-state index < -0.39 is 23.5 Å². The van der Waals surface area contributed by atoms with Crippen molar-refractivity contribution in [2.24, 2.45) is 0 Å². The molecule has 160 valence electrons. The number of ether oxygens (including phenoxy) is 1. The number of alkyl halides is 3. The van der Waals surface area contributed by atoms with Gasteiger partial charge in [0.2, 0.25) is 5.88 Å². The van der Waals surface area contributed by atoms with Crippen molar-refractivity contribution in [2.45, 2.75) is 31.7 Å². The number of nitrogens with one attached hydrogen (secondary N) is 1. The van der Waals surface area contributed by atoms with E-state index in [9.17, 15) is 22.4 Å². The van der Waals surface area contributed by atoms with Gasteiger partial charge in [0.25, 0.3) is 5.91 Å². The first kappa shape index (κ1) is 20.8. The summed E-state index contributed by atoms with van der Waals surface area (Å²) in [6.45, 7) is -0.335. The smallest absolute Gasteiger partial charge is 0.419 e. The summed E-state index contributed by atoms with van der Waals surface area (Å²) in [7, 11) is 0. The van der Waals surface area contributed by atoms with E-state index in [4.69, 9.17) is 4.74 Å². The molecule has 0 unspecified atom stereocenters. The molecule has 1 fully saturated rings. The molecule has 1 aliphatic rings. The molecule has 0 radical (unpaired) electrons. The van der Waals surface area contributed by atoms with Gasteiger partial charge < -0.3 is 10.1 Å². The molecule has 5 nitrogen and oxygen atoms in total. The number of rotatable bonds is 6. The summed E-state index contributed by atoms with van der Waals surface area (Å²) < 4.78 is 58.1. The number of aromatic nitrogens is 2. The lowest BCUT2D eigenvalue weighted by atomic mass is 10.1. The summed E-state index contributed by atoms with van der Waals surface area (Å²) in [4.78, 5) is 21.1. The van der Waals surface area contributed by atoms with E-state index >= 15 is 0 Å². The Morgan fingerprint density at radius 3 is 2.55 bits per heavy atom. The monoisotopic (exact) mass is 431 g/mol. The van der Waals surface area contributed by atoms with Crippen LogP contribution in [0, 0.1) is 5.82 Å². The zero-order chi connectivity index (χ0) is 22.0. The first-order valence-electron chi connectivity index (χ1n) is 9.53. The molecule has 2 aromatic carbocycles. The third-order valence-electron chi connectivity index (χ3n) is 4.65. The lowest BCUT2D eigenvalue weighted by molar-refractivity contribution is -0.140. The van der Waals surface area contributed by atoms with Gasteiger partial charge in [-0.05, 0) is 30.5 Å². The fourth-order valence-corrected chi connectivity index (χ4v) is 2.88. The van der Waals surface area contributed by atoms with Crippen LogP contribution in [0.2, 0.25) is 0 Å². The lowest BCUT2D eigenvalue weighted by Crippen LogP contribution is -2.26. The van der Waals surface area contributed by atoms with E-state index in [1.807, 2.05) is 6.07 Å². The highest BCUT2D eigenvalue weighted by Crippen LogP contribution is 2.32. The summed E-state index contributed by atoms with van der Waals surface area (Å²) in [6, 6.07) is 11.7. The first-order chi connectivity index (χ1) is 14.8. The van der Waals surface area contributed by atoms with Gasteiger partial charge in [0.15, 0.2) is 5.82 Å². The van der Waals surface area contributed by atoms with Crippen LogP contribution in [0.25, 0.3) is 11.4 Å². The van der Waals surface area contributed by atoms with Gasteiger partial charge in [-0.15, -0.1) is 0 Å². The number of halogens is 4. The van der Waals surface area contributed by atoms with Gasteiger partial charge in [-0.25, -0.2) is 9.37 Å². The maximum absolute atomic E-state index is 13.5. The van der Waals surface area contributed by atoms with Crippen LogP contribution in [0.1, 0.15) is 34.3 Å². The zero-order valence-corrected chi connectivity index (χ0v) is 16.1. The van der Waals surface area contributed by atoms with Crippen molar-refractivity contribution in [3.63, 3.8) is 0 Å². The van der Waals surface area contributed by atoms with E-state index in [-0.39, 0.29) is 29.7 Å². The largest absolute Gasteiger partial charge is 0.472 e. The SMILES string of the molecule is O=C(NC1CC1)c1cnc(-c2ccccc2)nc1OCc1ccc(F)c(C(F)(F)F)c1. The van der Waals surface area contributed by atoms with Crippen molar-refractivity contribution in [3.8, 4) is 17.3 Å². The van der Waals surface area contributed by atoms with Crippen molar-refractivity contribution < 1.29 is 27.1 Å². The second kappa shape index (κ2) is 8.33. The van der Waals surface area contributed by atoms with E-state index in [1.54, 1.807) is 24.3 Å². The minimum Gasteiger partial charge on any atom is -0.472 e. The second-order valence-corrected chi connectivity index (χ2v) is 7.13. The molecule has 0 atom stereocenters. The summed E-state index contributed by atoms with van der Waals surface area (Å²) >= 11 is 0. The Morgan fingerprint density at radius 1 is 1.13 bits per heavy atom. The predicted molar refractivity (Wildman–Crippen MR) is 104 cm³/mol. The Morgan fingerprint density at radius 2 is 1.87 bits per heavy atom. The molecule has 0 saturated heterocycles. The molecular weight excluding hydrogens is 414 g/mol. The lowest BCUT2D eigenvalue weighted by Gasteiger charge is -2.13. The topological polar surface area (TPSA) is 64.1 Å².